The Hall–Kier alpha value is -1.74. The number of carbonyl (C=O) groups is 1. The monoisotopic (exact) mass is 452 g/mol. The summed E-state index contributed by atoms with van der Waals surface area (Å²) in [5.41, 5.74) is 0.917. The number of ether oxygens (including phenoxy) is 1. The molecule has 1 saturated heterocycles. The van der Waals surface area contributed by atoms with Crippen LogP contribution in [0.25, 0.3) is 0 Å². The van der Waals surface area contributed by atoms with Crippen molar-refractivity contribution in [2.45, 2.75) is 23.8 Å². The summed E-state index contributed by atoms with van der Waals surface area (Å²) < 4.78 is 33.5. The van der Waals surface area contributed by atoms with Gasteiger partial charge in [-0.3, -0.25) is 4.79 Å². The third-order valence-electron chi connectivity index (χ3n) is 4.47. The molecule has 2 aromatic rings. The first-order valence-corrected chi connectivity index (χ1v) is 10.8. The Balaban J connectivity index is 1.83. The summed E-state index contributed by atoms with van der Waals surface area (Å²) >= 11 is 3.36. The third kappa shape index (κ3) is 4.57. The number of rotatable bonds is 6. The molecule has 27 heavy (non-hydrogen) atoms. The van der Waals surface area contributed by atoms with Gasteiger partial charge in [0.15, 0.2) is 0 Å². The fourth-order valence-electron chi connectivity index (χ4n) is 3.19. The smallest absolute Gasteiger partial charge is 0.255 e. The lowest BCUT2D eigenvalue weighted by Crippen LogP contribution is -2.38. The zero-order valence-electron chi connectivity index (χ0n) is 14.9. The van der Waals surface area contributed by atoms with E-state index in [1.807, 2.05) is 12.1 Å². The highest BCUT2D eigenvalue weighted by Gasteiger charge is 2.35. The van der Waals surface area contributed by atoms with E-state index in [2.05, 4.69) is 21.2 Å². The molecule has 1 atom stereocenters. The van der Waals surface area contributed by atoms with Crippen molar-refractivity contribution in [2.75, 3.05) is 25.6 Å². The molecule has 1 amide bonds. The number of hydrogen-bond acceptors (Lipinski definition) is 4. The minimum absolute atomic E-state index is 0.118. The van der Waals surface area contributed by atoms with E-state index in [4.69, 9.17) is 4.74 Å². The average Bonchev–Trinajstić information content (AvgIpc) is 3.11. The number of halogens is 1. The average molecular weight is 453 g/mol. The first-order chi connectivity index (χ1) is 12.9. The van der Waals surface area contributed by atoms with Gasteiger partial charge in [0, 0.05) is 35.4 Å². The van der Waals surface area contributed by atoms with Gasteiger partial charge in [-0.1, -0.05) is 28.1 Å². The number of methoxy groups -OCH3 is 1. The maximum absolute atomic E-state index is 13.0. The van der Waals surface area contributed by atoms with E-state index in [0.29, 0.717) is 24.4 Å². The topological polar surface area (TPSA) is 75.7 Å². The van der Waals surface area contributed by atoms with Gasteiger partial charge in [-0.15, -0.1) is 0 Å². The molecule has 1 aliphatic rings. The van der Waals surface area contributed by atoms with Crippen LogP contribution in [0.4, 0.5) is 5.69 Å². The molecule has 0 radical (unpaired) electrons. The highest BCUT2D eigenvalue weighted by Crippen LogP contribution is 2.27. The zero-order chi connectivity index (χ0) is 19.4. The minimum atomic E-state index is -3.68. The van der Waals surface area contributed by atoms with Crippen LogP contribution in [-0.2, 0) is 14.8 Å². The van der Waals surface area contributed by atoms with Crippen molar-refractivity contribution in [1.82, 2.24) is 4.31 Å². The van der Waals surface area contributed by atoms with Crippen molar-refractivity contribution in [3.05, 3.63) is 58.6 Å². The quantitative estimate of drug-likeness (QED) is 0.727. The van der Waals surface area contributed by atoms with Gasteiger partial charge in [0.25, 0.3) is 5.91 Å². The molecule has 1 fully saturated rings. The van der Waals surface area contributed by atoms with Gasteiger partial charge in [-0.2, -0.15) is 4.31 Å². The number of anilines is 1. The van der Waals surface area contributed by atoms with Crippen molar-refractivity contribution in [3.8, 4) is 0 Å². The van der Waals surface area contributed by atoms with Gasteiger partial charge in [0.2, 0.25) is 10.0 Å². The summed E-state index contributed by atoms with van der Waals surface area (Å²) in [5.74, 6) is -0.361. The highest BCUT2D eigenvalue weighted by atomic mass is 79.9. The molecule has 1 N–H and O–H groups in total. The molecule has 1 unspecified atom stereocenters. The molecule has 8 heteroatoms. The lowest BCUT2D eigenvalue weighted by Gasteiger charge is -2.23. The van der Waals surface area contributed by atoms with E-state index in [-0.39, 0.29) is 16.8 Å². The Morgan fingerprint density at radius 1 is 1.26 bits per heavy atom. The molecule has 1 heterocycles. The summed E-state index contributed by atoms with van der Waals surface area (Å²) in [5, 5.41) is 2.78. The second-order valence-corrected chi connectivity index (χ2v) is 9.17. The van der Waals surface area contributed by atoms with Crippen molar-refractivity contribution in [3.63, 3.8) is 0 Å². The van der Waals surface area contributed by atoms with Crippen molar-refractivity contribution < 1.29 is 17.9 Å². The number of nitrogens with one attached hydrogen (secondary N) is 1. The Morgan fingerprint density at radius 2 is 2.04 bits per heavy atom. The second kappa shape index (κ2) is 8.52. The van der Waals surface area contributed by atoms with E-state index in [1.54, 1.807) is 31.4 Å². The van der Waals surface area contributed by atoms with Gasteiger partial charge in [0.05, 0.1) is 11.5 Å². The van der Waals surface area contributed by atoms with Crippen LogP contribution in [0.3, 0.4) is 0 Å². The third-order valence-corrected chi connectivity index (χ3v) is 6.91. The molecule has 0 bridgehead atoms. The van der Waals surface area contributed by atoms with Crippen LogP contribution in [-0.4, -0.2) is 44.9 Å². The molecule has 144 valence electrons. The molecule has 0 spiro atoms. The Morgan fingerprint density at radius 3 is 2.78 bits per heavy atom. The summed E-state index contributed by atoms with van der Waals surface area (Å²) in [6.45, 7) is 0.827. The van der Waals surface area contributed by atoms with Crippen LogP contribution >= 0.6 is 15.9 Å². The summed E-state index contributed by atoms with van der Waals surface area (Å²) in [6.07, 6.45) is 1.58. The summed E-state index contributed by atoms with van der Waals surface area (Å²) in [7, 11) is -2.11. The van der Waals surface area contributed by atoms with Gasteiger partial charge < -0.3 is 10.1 Å². The van der Waals surface area contributed by atoms with Gasteiger partial charge in [0.1, 0.15) is 0 Å². The molecule has 6 nitrogen and oxygen atoms in total. The molecule has 0 saturated carbocycles. The number of nitrogens with zero attached hydrogens (tertiary/aromatic N) is 1. The van der Waals surface area contributed by atoms with Crippen LogP contribution in [0.5, 0.6) is 0 Å². The number of sulfonamides is 1. The summed E-state index contributed by atoms with van der Waals surface area (Å²) in [6, 6.07) is 13.2. The maximum atomic E-state index is 13.0. The molecule has 1 aliphatic heterocycles. The minimum Gasteiger partial charge on any atom is -0.383 e. The van der Waals surface area contributed by atoms with E-state index in [9.17, 15) is 13.2 Å². The Kier molecular flexibility index (Phi) is 6.31. The number of carbonyl (C=O) groups excluding carboxylic acids is 1. The van der Waals surface area contributed by atoms with Crippen LogP contribution in [0.15, 0.2) is 57.9 Å². The van der Waals surface area contributed by atoms with Crippen LogP contribution in [0.1, 0.15) is 23.2 Å². The fraction of sp³-hybridized carbons (Fsp3) is 0.316. The SMILES string of the molecule is COCC1CCCN1S(=O)(=O)c1cccc(C(=O)Nc2cccc(Br)c2)c1. The number of benzene rings is 2. The van der Waals surface area contributed by atoms with E-state index in [0.717, 1.165) is 17.3 Å². The molecular formula is C19H21BrN2O4S. The van der Waals surface area contributed by atoms with E-state index >= 15 is 0 Å². The van der Waals surface area contributed by atoms with Crippen molar-refractivity contribution >= 4 is 37.5 Å². The van der Waals surface area contributed by atoms with Crippen LogP contribution in [0, 0.1) is 0 Å². The van der Waals surface area contributed by atoms with Crippen LogP contribution < -0.4 is 5.32 Å². The second-order valence-electron chi connectivity index (χ2n) is 6.36. The van der Waals surface area contributed by atoms with Crippen molar-refractivity contribution in [1.29, 1.82) is 0 Å². The highest BCUT2D eigenvalue weighted by molar-refractivity contribution is 9.10. The van der Waals surface area contributed by atoms with Crippen LogP contribution in [0.2, 0.25) is 0 Å². The molecule has 0 aliphatic carbocycles. The standard InChI is InChI=1S/C19H21BrN2O4S/c1-26-13-17-8-4-10-22(17)27(24,25)18-9-2-5-14(11-18)19(23)21-16-7-3-6-15(20)12-16/h2-3,5-7,9,11-12,17H,4,8,10,13H2,1H3,(H,21,23). The predicted molar refractivity (Wildman–Crippen MR) is 107 cm³/mol. The van der Waals surface area contributed by atoms with Gasteiger partial charge in [-0.25, -0.2) is 8.42 Å². The first-order valence-electron chi connectivity index (χ1n) is 8.59. The molecular weight excluding hydrogens is 432 g/mol. The Labute approximate surface area is 167 Å². The Bertz CT molecular complexity index is 933. The molecule has 0 aromatic heterocycles. The molecule has 3 rings (SSSR count). The van der Waals surface area contributed by atoms with Gasteiger partial charge >= 0.3 is 0 Å². The number of amides is 1. The lowest BCUT2D eigenvalue weighted by atomic mass is 10.2. The zero-order valence-corrected chi connectivity index (χ0v) is 17.3. The molecule has 2 aromatic carbocycles. The predicted octanol–water partition coefficient (Wildman–Crippen LogP) is 3.50. The maximum Gasteiger partial charge on any atom is 0.255 e. The van der Waals surface area contributed by atoms with Crippen molar-refractivity contribution in [2.24, 2.45) is 0 Å². The first kappa shape index (κ1) is 20.0. The lowest BCUT2D eigenvalue weighted by molar-refractivity contribution is 0.102. The number of hydrogen-bond donors (Lipinski definition) is 1. The largest absolute Gasteiger partial charge is 0.383 e. The van der Waals surface area contributed by atoms with E-state index in [1.165, 1.54) is 16.4 Å². The van der Waals surface area contributed by atoms with Gasteiger partial charge in [-0.05, 0) is 49.2 Å². The van der Waals surface area contributed by atoms with E-state index < -0.39 is 10.0 Å². The fourth-order valence-corrected chi connectivity index (χ4v) is 5.31. The normalized spacial score (nSPS) is 17.8. The summed E-state index contributed by atoms with van der Waals surface area (Å²) in [4.78, 5) is 12.7.